The molecule has 0 saturated heterocycles. The molecular formula is C12H17NO4S. The molecule has 1 aromatic carbocycles. The highest BCUT2D eigenvalue weighted by atomic mass is 32.2. The maximum absolute atomic E-state index is 11.4. The Morgan fingerprint density at radius 1 is 1.28 bits per heavy atom. The van der Waals surface area contributed by atoms with E-state index in [1.165, 1.54) is 6.26 Å². The van der Waals surface area contributed by atoms with Crippen molar-refractivity contribution in [3.05, 3.63) is 23.8 Å². The number of ether oxygens (including phenoxy) is 2. The van der Waals surface area contributed by atoms with E-state index in [4.69, 9.17) is 9.47 Å². The number of nitrogens with one attached hydrogen (secondary N) is 1. The molecule has 0 saturated carbocycles. The Morgan fingerprint density at radius 3 is 2.56 bits per heavy atom. The number of hydrogen-bond acceptors (Lipinski definition) is 5. The lowest BCUT2D eigenvalue weighted by Crippen LogP contribution is -2.25. The minimum atomic E-state index is -3.04. The third-order valence-electron chi connectivity index (χ3n) is 2.79. The molecule has 2 rings (SSSR count). The molecule has 1 aromatic rings. The van der Waals surface area contributed by atoms with Gasteiger partial charge in [0.2, 0.25) is 0 Å². The van der Waals surface area contributed by atoms with Crippen LogP contribution in [0, 0.1) is 0 Å². The van der Waals surface area contributed by atoms with E-state index in [-0.39, 0.29) is 11.8 Å². The van der Waals surface area contributed by atoms with Gasteiger partial charge in [-0.25, -0.2) is 8.42 Å². The summed E-state index contributed by atoms with van der Waals surface area (Å²) >= 11 is 0. The van der Waals surface area contributed by atoms with Crippen molar-refractivity contribution in [2.24, 2.45) is 0 Å². The van der Waals surface area contributed by atoms with Gasteiger partial charge in [-0.2, -0.15) is 0 Å². The molecular weight excluding hydrogens is 254 g/mol. The van der Waals surface area contributed by atoms with E-state index in [1.54, 1.807) is 7.05 Å². The summed E-state index contributed by atoms with van der Waals surface area (Å²) in [5.74, 6) is 1.44. The van der Waals surface area contributed by atoms with Crippen LogP contribution < -0.4 is 14.8 Å². The van der Waals surface area contributed by atoms with E-state index in [0.717, 1.165) is 5.56 Å². The van der Waals surface area contributed by atoms with E-state index >= 15 is 0 Å². The number of rotatable bonds is 4. The third kappa shape index (κ3) is 3.14. The summed E-state index contributed by atoms with van der Waals surface area (Å²) in [4.78, 5) is 0. The van der Waals surface area contributed by atoms with E-state index in [2.05, 4.69) is 5.32 Å². The summed E-state index contributed by atoms with van der Waals surface area (Å²) in [5, 5.41) is 3.01. The van der Waals surface area contributed by atoms with Crippen LogP contribution in [0.25, 0.3) is 0 Å². The smallest absolute Gasteiger partial charge is 0.161 e. The average molecular weight is 271 g/mol. The van der Waals surface area contributed by atoms with Crippen molar-refractivity contribution in [2.45, 2.75) is 6.04 Å². The van der Waals surface area contributed by atoms with Gasteiger partial charge >= 0.3 is 0 Å². The van der Waals surface area contributed by atoms with Gasteiger partial charge in [0.25, 0.3) is 0 Å². The van der Waals surface area contributed by atoms with Crippen LogP contribution in [0.5, 0.6) is 11.5 Å². The lowest BCUT2D eigenvalue weighted by molar-refractivity contribution is 0.171. The second-order valence-electron chi connectivity index (χ2n) is 4.34. The first kappa shape index (κ1) is 13.2. The highest BCUT2D eigenvalue weighted by molar-refractivity contribution is 7.90. The van der Waals surface area contributed by atoms with Crippen LogP contribution in [0.15, 0.2) is 18.2 Å². The lowest BCUT2D eigenvalue weighted by atomic mass is 10.1. The highest BCUT2D eigenvalue weighted by Gasteiger charge is 2.19. The van der Waals surface area contributed by atoms with Gasteiger partial charge in [-0.15, -0.1) is 0 Å². The van der Waals surface area contributed by atoms with Gasteiger partial charge in [-0.1, -0.05) is 6.07 Å². The van der Waals surface area contributed by atoms with Crippen LogP contribution in [0.2, 0.25) is 0 Å². The summed E-state index contributed by atoms with van der Waals surface area (Å²) < 4.78 is 33.6. The molecule has 1 unspecified atom stereocenters. The van der Waals surface area contributed by atoms with Crippen molar-refractivity contribution in [3.8, 4) is 11.5 Å². The minimum absolute atomic E-state index is 0.0587. The number of hydrogen-bond donors (Lipinski definition) is 1. The minimum Gasteiger partial charge on any atom is -0.486 e. The fourth-order valence-corrected chi connectivity index (χ4v) is 2.89. The predicted molar refractivity (Wildman–Crippen MR) is 68.9 cm³/mol. The molecule has 5 nitrogen and oxygen atoms in total. The van der Waals surface area contributed by atoms with Crippen molar-refractivity contribution >= 4 is 9.84 Å². The summed E-state index contributed by atoms with van der Waals surface area (Å²) in [6.07, 6.45) is 1.23. The average Bonchev–Trinajstić information content (AvgIpc) is 2.34. The zero-order chi connectivity index (χ0) is 13.2. The van der Waals surface area contributed by atoms with Crippen LogP contribution in [-0.4, -0.2) is 40.7 Å². The zero-order valence-corrected chi connectivity index (χ0v) is 11.3. The molecule has 0 fully saturated rings. The van der Waals surface area contributed by atoms with Gasteiger partial charge in [0.1, 0.15) is 23.1 Å². The van der Waals surface area contributed by atoms with E-state index < -0.39 is 9.84 Å². The maximum atomic E-state index is 11.4. The lowest BCUT2D eigenvalue weighted by Gasteiger charge is -2.21. The summed E-state index contributed by atoms with van der Waals surface area (Å²) in [7, 11) is -1.30. The second kappa shape index (κ2) is 5.16. The second-order valence-corrected chi connectivity index (χ2v) is 6.52. The monoisotopic (exact) mass is 271 g/mol. The molecule has 6 heteroatoms. The Kier molecular flexibility index (Phi) is 3.77. The SMILES string of the molecule is CNC(CS(C)(=O)=O)c1ccc2c(c1)OCCO2. The Hall–Kier alpha value is -1.27. The van der Waals surface area contributed by atoms with Gasteiger partial charge in [0.05, 0.1) is 5.75 Å². The number of fused-ring (bicyclic) bond motifs is 1. The summed E-state index contributed by atoms with van der Waals surface area (Å²) in [6.45, 7) is 1.07. The quantitative estimate of drug-likeness (QED) is 0.876. The van der Waals surface area contributed by atoms with Crippen molar-refractivity contribution in [2.75, 3.05) is 32.3 Å². The van der Waals surface area contributed by atoms with E-state index in [1.807, 2.05) is 18.2 Å². The van der Waals surface area contributed by atoms with Crippen LogP contribution >= 0.6 is 0 Å². The van der Waals surface area contributed by atoms with Crippen molar-refractivity contribution in [1.82, 2.24) is 5.32 Å². The van der Waals surface area contributed by atoms with Gasteiger partial charge in [0, 0.05) is 12.3 Å². The fraction of sp³-hybridized carbons (Fsp3) is 0.500. The molecule has 18 heavy (non-hydrogen) atoms. The van der Waals surface area contributed by atoms with Gasteiger partial charge < -0.3 is 14.8 Å². The van der Waals surface area contributed by atoms with Crippen molar-refractivity contribution in [1.29, 1.82) is 0 Å². The Labute approximate surface area is 107 Å². The molecule has 0 amide bonds. The molecule has 100 valence electrons. The predicted octanol–water partition coefficient (Wildman–Crippen LogP) is 0.763. The van der Waals surface area contributed by atoms with Crippen molar-refractivity contribution in [3.63, 3.8) is 0 Å². The van der Waals surface area contributed by atoms with Crippen LogP contribution in [-0.2, 0) is 9.84 Å². The molecule has 0 spiro atoms. The molecule has 0 aromatic heterocycles. The van der Waals surface area contributed by atoms with Gasteiger partial charge in [-0.05, 0) is 24.7 Å². The van der Waals surface area contributed by atoms with Crippen LogP contribution in [0.1, 0.15) is 11.6 Å². The molecule has 1 aliphatic rings. The number of sulfone groups is 1. The summed E-state index contributed by atoms with van der Waals surface area (Å²) in [5.41, 5.74) is 0.882. The van der Waals surface area contributed by atoms with Gasteiger partial charge in [0.15, 0.2) is 11.5 Å². The first-order valence-electron chi connectivity index (χ1n) is 5.74. The first-order chi connectivity index (χ1) is 8.49. The molecule has 1 atom stereocenters. The third-order valence-corrected chi connectivity index (χ3v) is 3.73. The van der Waals surface area contributed by atoms with Crippen LogP contribution in [0.3, 0.4) is 0 Å². The Balaban J connectivity index is 2.26. The fourth-order valence-electron chi connectivity index (χ4n) is 1.93. The standard InChI is InChI=1S/C12H17NO4S/c1-13-10(8-18(2,14)15)9-3-4-11-12(7-9)17-6-5-16-11/h3-4,7,10,13H,5-6,8H2,1-2H3. The van der Waals surface area contributed by atoms with E-state index in [0.29, 0.717) is 24.7 Å². The molecule has 0 aliphatic carbocycles. The normalized spacial score (nSPS) is 16.3. The van der Waals surface area contributed by atoms with Crippen molar-refractivity contribution < 1.29 is 17.9 Å². The molecule has 1 N–H and O–H groups in total. The summed E-state index contributed by atoms with van der Waals surface area (Å²) in [6, 6.07) is 5.27. The largest absolute Gasteiger partial charge is 0.486 e. The Bertz CT molecular complexity index is 527. The number of benzene rings is 1. The van der Waals surface area contributed by atoms with Gasteiger partial charge in [-0.3, -0.25) is 0 Å². The molecule has 0 bridgehead atoms. The van der Waals surface area contributed by atoms with E-state index in [9.17, 15) is 8.42 Å². The van der Waals surface area contributed by atoms with Crippen LogP contribution in [0.4, 0.5) is 0 Å². The molecule has 1 aliphatic heterocycles. The molecule has 1 heterocycles. The maximum Gasteiger partial charge on any atom is 0.161 e. The topological polar surface area (TPSA) is 64.6 Å². The Morgan fingerprint density at radius 2 is 1.94 bits per heavy atom. The highest BCUT2D eigenvalue weighted by Crippen LogP contribution is 2.32. The molecule has 0 radical (unpaired) electrons. The zero-order valence-electron chi connectivity index (χ0n) is 10.5. The first-order valence-corrected chi connectivity index (χ1v) is 7.80.